The van der Waals surface area contributed by atoms with Crippen LogP contribution in [0.1, 0.15) is 26.8 Å². The summed E-state index contributed by atoms with van der Waals surface area (Å²) in [4.78, 5) is 20.4. The first-order chi connectivity index (χ1) is 11.5. The number of amidine groups is 1. The zero-order valence-electron chi connectivity index (χ0n) is 14.2. The van der Waals surface area contributed by atoms with Gasteiger partial charge in [0.25, 0.3) is 0 Å². The van der Waals surface area contributed by atoms with Crippen LogP contribution >= 0.6 is 24.0 Å². The quantitative estimate of drug-likeness (QED) is 0.494. The van der Waals surface area contributed by atoms with Crippen molar-refractivity contribution in [3.8, 4) is 0 Å². The third kappa shape index (κ3) is 6.66. The highest BCUT2D eigenvalue weighted by atomic mass is 32.2. The van der Waals surface area contributed by atoms with E-state index < -0.39 is 0 Å². The summed E-state index contributed by atoms with van der Waals surface area (Å²) in [7, 11) is 0. The number of amides is 1. The Morgan fingerprint density at radius 3 is 2.36 bits per heavy atom. The lowest BCUT2D eigenvalue weighted by atomic mass is 10.1. The number of thiocarbonyl (C=S) groups is 1. The van der Waals surface area contributed by atoms with E-state index in [2.05, 4.69) is 34.2 Å². The summed E-state index contributed by atoms with van der Waals surface area (Å²) in [5.41, 5.74) is 8.09. The van der Waals surface area contributed by atoms with Gasteiger partial charge in [0.1, 0.15) is 4.99 Å². The molecule has 2 N–H and O–H groups in total. The van der Waals surface area contributed by atoms with Gasteiger partial charge in [0.2, 0.25) is 5.91 Å². The monoisotopic (exact) mass is 380 g/mol. The van der Waals surface area contributed by atoms with Crippen molar-refractivity contribution in [2.24, 2.45) is 10.7 Å². The second-order valence-corrected chi connectivity index (χ2v) is 7.37. The van der Waals surface area contributed by atoms with Crippen molar-refractivity contribution >= 4 is 45.7 Å². The van der Waals surface area contributed by atoms with Gasteiger partial charge in [0.15, 0.2) is 5.17 Å². The Bertz CT molecular complexity index is 608. The molecule has 0 aromatic heterocycles. The minimum Gasteiger partial charge on any atom is -0.378 e. The number of hydrogen-bond acceptors (Lipinski definition) is 4. The van der Waals surface area contributed by atoms with E-state index in [0.717, 1.165) is 37.5 Å². The van der Waals surface area contributed by atoms with Crippen molar-refractivity contribution in [1.82, 2.24) is 4.90 Å². The summed E-state index contributed by atoms with van der Waals surface area (Å²) >= 11 is 6.79. The van der Waals surface area contributed by atoms with Crippen LogP contribution in [-0.2, 0) is 11.2 Å². The van der Waals surface area contributed by atoms with Crippen LogP contribution in [0.4, 0.5) is 5.69 Å². The highest BCUT2D eigenvalue weighted by Gasteiger charge is 2.18. The summed E-state index contributed by atoms with van der Waals surface area (Å²) in [6.07, 6.45) is 0.624. The summed E-state index contributed by atoms with van der Waals surface area (Å²) in [6.45, 7) is 6.96. The molecular formula is C18H28N4OS2. The number of carbonyl (C=O) groups excluding carboxylic acids is 1. The zero-order chi connectivity index (χ0) is 17.5. The molecule has 1 aromatic carbocycles. The Morgan fingerprint density at radius 2 is 1.84 bits per heavy atom. The number of thioether (sulfide) groups is 1. The fraction of sp³-hybridized carbons (Fsp3) is 0.500. The van der Waals surface area contributed by atoms with Crippen LogP contribution in [-0.4, -0.2) is 52.9 Å². The smallest absolute Gasteiger partial charge is 0.219 e. The second-order valence-electron chi connectivity index (χ2n) is 5.61. The van der Waals surface area contributed by atoms with Gasteiger partial charge in [-0.1, -0.05) is 50.5 Å². The molecule has 0 aliphatic carbocycles. The molecule has 0 atom stereocenters. The van der Waals surface area contributed by atoms with Crippen molar-refractivity contribution in [2.75, 3.05) is 36.8 Å². The van der Waals surface area contributed by atoms with Gasteiger partial charge in [-0.15, -0.1) is 0 Å². The molecule has 0 bridgehead atoms. The summed E-state index contributed by atoms with van der Waals surface area (Å²) in [5.74, 6) is 1.04. The van der Waals surface area contributed by atoms with Crippen LogP contribution in [0, 0.1) is 0 Å². The third-order valence-corrected chi connectivity index (χ3v) is 4.82. The van der Waals surface area contributed by atoms with Crippen molar-refractivity contribution in [2.45, 2.75) is 27.7 Å². The molecule has 1 fully saturated rings. The molecule has 1 saturated heterocycles. The van der Waals surface area contributed by atoms with Gasteiger partial charge in [-0.3, -0.25) is 4.79 Å². The number of nitrogens with zero attached hydrogens (tertiary/aromatic N) is 3. The van der Waals surface area contributed by atoms with E-state index in [0.29, 0.717) is 16.6 Å². The molecule has 1 heterocycles. The molecule has 0 saturated carbocycles. The largest absolute Gasteiger partial charge is 0.378 e. The first-order valence-corrected chi connectivity index (χ1v) is 9.48. The second kappa shape index (κ2) is 10.4. The maximum atomic E-state index is 11.4. The normalized spacial score (nSPS) is 14.9. The average molecular weight is 381 g/mol. The summed E-state index contributed by atoms with van der Waals surface area (Å²) < 4.78 is 0. The molecule has 25 heavy (non-hydrogen) atoms. The molecule has 1 aromatic rings. The van der Waals surface area contributed by atoms with Crippen LogP contribution in [0.25, 0.3) is 0 Å². The van der Waals surface area contributed by atoms with E-state index in [1.807, 2.05) is 11.8 Å². The van der Waals surface area contributed by atoms with Gasteiger partial charge in [0.05, 0.1) is 0 Å². The number of hydrogen-bond donors (Lipinski definition) is 1. The van der Waals surface area contributed by atoms with Gasteiger partial charge in [-0.25, -0.2) is 4.99 Å². The molecule has 2 rings (SSSR count). The van der Waals surface area contributed by atoms with Crippen LogP contribution < -0.4 is 10.6 Å². The minimum atomic E-state index is 0. The topological polar surface area (TPSA) is 61.9 Å². The highest BCUT2D eigenvalue weighted by molar-refractivity contribution is 8.13. The number of aliphatic imine (C=N–C) groups is 1. The van der Waals surface area contributed by atoms with E-state index in [1.54, 1.807) is 6.92 Å². The van der Waals surface area contributed by atoms with E-state index in [-0.39, 0.29) is 13.3 Å². The van der Waals surface area contributed by atoms with Gasteiger partial charge in [-0.2, -0.15) is 0 Å². The van der Waals surface area contributed by atoms with Crippen molar-refractivity contribution in [1.29, 1.82) is 0 Å². The Labute approximate surface area is 160 Å². The average Bonchev–Trinajstić information content (AvgIpc) is 2.55. The highest BCUT2D eigenvalue weighted by Crippen LogP contribution is 2.18. The fourth-order valence-corrected chi connectivity index (χ4v) is 3.41. The van der Waals surface area contributed by atoms with E-state index in [9.17, 15) is 4.79 Å². The summed E-state index contributed by atoms with van der Waals surface area (Å²) in [6, 6.07) is 8.37. The van der Waals surface area contributed by atoms with Crippen molar-refractivity contribution in [3.05, 3.63) is 29.8 Å². The van der Waals surface area contributed by atoms with Crippen molar-refractivity contribution < 1.29 is 4.79 Å². The molecule has 1 aliphatic heterocycles. The lowest BCUT2D eigenvalue weighted by molar-refractivity contribution is -0.129. The van der Waals surface area contributed by atoms with Gasteiger partial charge >= 0.3 is 0 Å². The molecule has 1 amide bonds. The van der Waals surface area contributed by atoms with E-state index >= 15 is 0 Å². The third-order valence-electron chi connectivity index (χ3n) is 3.91. The predicted octanol–water partition coefficient (Wildman–Crippen LogP) is 2.93. The number of rotatable bonds is 4. The first-order valence-electron chi connectivity index (χ1n) is 8.08. The SMILES string of the molecule is C.CCSC(N)=NC(=S)Cc1ccc(N2CCN(C(C)=O)CC2)cc1. The maximum Gasteiger partial charge on any atom is 0.219 e. The van der Waals surface area contributed by atoms with Crippen LogP contribution in [0.5, 0.6) is 0 Å². The molecule has 7 heteroatoms. The summed E-state index contributed by atoms with van der Waals surface area (Å²) in [5, 5.41) is 0.530. The van der Waals surface area contributed by atoms with Gasteiger partial charge in [0, 0.05) is 45.2 Å². The van der Waals surface area contributed by atoms with E-state index in [1.165, 1.54) is 17.4 Å². The number of piperazine rings is 1. The predicted molar refractivity (Wildman–Crippen MR) is 114 cm³/mol. The Morgan fingerprint density at radius 1 is 1.24 bits per heavy atom. The fourth-order valence-electron chi connectivity index (χ4n) is 2.62. The van der Waals surface area contributed by atoms with Crippen LogP contribution in [0.15, 0.2) is 29.3 Å². The van der Waals surface area contributed by atoms with Crippen LogP contribution in [0.3, 0.4) is 0 Å². The van der Waals surface area contributed by atoms with E-state index in [4.69, 9.17) is 18.0 Å². The van der Waals surface area contributed by atoms with Crippen molar-refractivity contribution in [3.63, 3.8) is 0 Å². The lowest BCUT2D eigenvalue weighted by Gasteiger charge is -2.35. The Kier molecular flexibility index (Phi) is 8.92. The maximum absolute atomic E-state index is 11.4. The molecule has 0 radical (unpaired) electrons. The molecule has 0 unspecified atom stereocenters. The molecule has 138 valence electrons. The standard InChI is InChI=1S/C17H24N4OS2.CH4/c1-3-24-17(18)19-16(23)12-14-4-6-15(7-5-14)21-10-8-20(9-11-21)13(2)22;/h4-7H,3,8-12H2,1-2H3,(H2,18,19,23);1H4. The zero-order valence-corrected chi connectivity index (χ0v) is 15.8. The number of nitrogens with two attached hydrogens (primary N) is 1. The molecule has 1 aliphatic rings. The molecule has 0 spiro atoms. The Balaban J connectivity index is 0.00000312. The number of benzene rings is 1. The number of anilines is 1. The van der Waals surface area contributed by atoms with Gasteiger partial charge < -0.3 is 15.5 Å². The lowest BCUT2D eigenvalue weighted by Crippen LogP contribution is -2.48. The first kappa shape index (κ1) is 21.4. The van der Waals surface area contributed by atoms with Gasteiger partial charge in [-0.05, 0) is 23.4 Å². The molecule has 5 nitrogen and oxygen atoms in total. The van der Waals surface area contributed by atoms with Crippen LogP contribution in [0.2, 0.25) is 0 Å². The number of carbonyl (C=O) groups is 1. The Hall–Kier alpha value is -1.60. The molecular weight excluding hydrogens is 352 g/mol. The minimum absolute atomic E-state index is 0.